The van der Waals surface area contributed by atoms with Gasteiger partial charge in [-0.15, -0.1) is 0 Å². The molecule has 3 heterocycles. The van der Waals surface area contributed by atoms with Crippen LogP contribution in [0.5, 0.6) is 0 Å². The van der Waals surface area contributed by atoms with Gasteiger partial charge in [-0.3, -0.25) is 34.1 Å². The second kappa shape index (κ2) is 18.1. The first-order valence-corrected chi connectivity index (χ1v) is 17.9. The Bertz CT molecular complexity index is 1430. The molecule has 0 bridgehead atoms. The average Bonchev–Trinajstić information content (AvgIpc) is 3.23. The van der Waals surface area contributed by atoms with Gasteiger partial charge >= 0.3 is 0 Å². The highest BCUT2D eigenvalue weighted by molar-refractivity contribution is 6.17. The van der Waals surface area contributed by atoms with Crippen LogP contribution in [0.25, 0.3) is 0 Å². The van der Waals surface area contributed by atoms with Gasteiger partial charge in [0.05, 0.1) is 35.2 Å². The number of amides is 3. The largest absolute Gasteiger partial charge is 0.370 e. The van der Waals surface area contributed by atoms with Crippen LogP contribution in [0.15, 0.2) is 53.5 Å². The van der Waals surface area contributed by atoms with Crippen LogP contribution in [-0.4, -0.2) is 116 Å². The molecule has 0 aliphatic carbocycles. The van der Waals surface area contributed by atoms with Gasteiger partial charge in [0.25, 0.3) is 5.91 Å². The van der Waals surface area contributed by atoms with Gasteiger partial charge in [-0.2, -0.15) is 0 Å². The molecule has 0 unspecified atom stereocenters. The number of para-hydroxylation sites is 3. The lowest BCUT2D eigenvalue weighted by Gasteiger charge is -2.35. The number of guanidine groups is 1. The normalized spacial score (nSPS) is 18.1. The maximum atomic E-state index is 13.8. The highest BCUT2D eigenvalue weighted by Crippen LogP contribution is 2.38. The summed E-state index contributed by atoms with van der Waals surface area (Å²) in [4.78, 5) is 51.8. The molecule has 5 rings (SSSR count). The summed E-state index contributed by atoms with van der Waals surface area (Å²) in [6.07, 6.45) is 7.11. The Labute approximate surface area is 290 Å². The predicted octanol–water partition coefficient (Wildman–Crippen LogP) is 1.91. The van der Waals surface area contributed by atoms with Gasteiger partial charge in [0.1, 0.15) is 0 Å². The Morgan fingerprint density at radius 1 is 0.857 bits per heavy atom. The molecule has 49 heavy (non-hydrogen) atoms. The van der Waals surface area contributed by atoms with Crippen molar-refractivity contribution < 1.29 is 14.4 Å². The lowest BCUT2D eigenvalue weighted by atomic mass is 9.91. The molecule has 3 aliphatic rings. The van der Waals surface area contributed by atoms with E-state index in [-0.39, 0.29) is 23.7 Å². The quantitative estimate of drug-likeness (QED) is 0.107. The Hall–Kier alpha value is -4.04. The molecular weight excluding hydrogens is 620 g/mol. The molecule has 0 spiro atoms. The first kappa shape index (κ1) is 36.2. The number of likely N-dealkylation sites (tertiary alicyclic amines) is 1. The van der Waals surface area contributed by atoms with Crippen molar-refractivity contribution in [3.8, 4) is 0 Å². The van der Waals surface area contributed by atoms with Crippen molar-refractivity contribution in [2.24, 2.45) is 28.1 Å². The van der Waals surface area contributed by atoms with Crippen LogP contribution in [0, 0.1) is 5.92 Å². The van der Waals surface area contributed by atoms with Crippen molar-refractivity contribution in [3.05, 3.63) is 54.1 Å². The molecule has 2 aromatic rings. The van der Waals surface area contributed by atoms with Crippen molar-refractivity contribution in [3.63, 3.8) is 0 Å². The molecule has 2 aromatic carbocycles. The molecule has 1 atom stereocenters. The molecule has 8 N–H and O–H groups in total. The number of hydrogen-bond acceptors (Lipinski definition) is 8. The SMILES string of the molecule is NC(N)=NCCC[C@H](N)C(=O)NCCN1CCN(CCCCC2CCN(CC(=O)N3c4ccccc4NC(=O)c4ccccc43)CC2)CC1. The van der Waals surface area contributed by atoms with Crippen LogP contribution in [0.3, 0.4) is 0 Å². The number of nitrogens with one attached hydrogen (secondary N) is 2. The number of benzene rings is 2. The second-order valence-electron chi connectivity index (χ2n) is 13.5. The van der Waals surface area contributed by atoms with Gasteiger partial charge in [0.15, 0.2) is 5.96 Å². The van der Waals surface area contributed by atoms with Crippen LogP contribution in [0.2, 0.25) is 0 Å². The molecule has 0 radical (unpaired) electrons. The standard InChI is InChI=1S/C36H54N10O3/c37-29(10-7-16-41-36(38)39)35(49)40-17-21-44-24-22-43(23-25-44)18-6-5-8-27-14-19-45(20-15-27)26-33(47)46-31-12-3-1-9-28(31)34(48)42-30-11-2-4-13-32(30)46/h1-4,9,11-13,27,29H,5-8,10,14-26,37H2,(H,40,49)(H,42,48)(H4,38,39,41)/t29-/m0/s1. The highest BCUT2D eigenvalue weighted by Gasteiger charge is 2.31. The van der Waals surface area contributed by atoms with E-state index in [1.807, 2.05) is 42.5 Å². The van der Waals surface area contributed by atoms with Crippen molar-refractivity contribution in [2.45, 2.75) is 51.0 Å². The van der Waals surface area contributed by atoms with E-state index in [1.165, 1.54) is 19.3 Å². The summed E-state index contributed by atoms with van der Waals surface area (Å²) in [7, 11) is 0. The number of nitrogens with two attached hydrogens (primary N) is 3. The Kier molecular flexibility index (Phi) is 13.4. The molecule has 2 fully saturated rings. The number of piperidine rings is 1. The van der Waals surface area contributed by atoms with E-state index in [1.54, 1.807) is 11.0 Å². The Balaban J connectivity index is 0.943. The second-order valence-corrected chi connectivity index (χ2v) is 13.5. The average molecular weight is 675 g/mol. The molecule has 13 heteroatoms. The summed E-state index contributed by atoms with van der Waals surface area (Å²) < 4.78 is 0. The van der Waals surface area contributed by atoms with E-state index in [0.29, 0.717) is 61.0 Å². The molecule has 3 amide bonds. The van der Waals surface area contributed by atoms with Crippen LogP contribution >= 0.6 is 0 Å². The van der Waals surface area contributed by atoms with E-state index in [9.17, 15) is 14.4 Å². The molecule has 266 valence electrons. The number of hydrogen-bond donors (Lipinski definition) is 5. The summed E-state index contributed by atoms with van der Waals surface area (Å²) in [6.45, 7) is 9.34. The van der Waals surface area contributed by atoms with E-state index in [4.69, 9.17) is 17.2 Å². The lowest BCUT2D eigenvalue weighted by Crippen LogP contribution is -2.49. The number of aliphatic imine (C=N–C) groups is 1. The van der Waals surface area contributed by atoms with Crippen molar-refractivity contribution >= 4 is 40.7 Å². The van der Waals surface area contributed by atoms with Crippen molar-refractivity contribution in [1.29, 1.82) is 0 Å². The minimum atomic E-state index is -0.540. The summed E-state index contributed by atoms with van der Waals surface area (Å²) >= 11 is 0. The molecule has 2 saturated heterocycles. The lowest BCUT2D eigenvalue weighted by molar-refractivity contribution is -0.122. The molecule has 3 aliphatic heterocycles. The fraction of sp³-hybridized carbons (Fsp3) is 0.556. The zero-order chi connectivity index (χ0) is 34.6. The van der Waals surface area contributed by atoms with Gasteiger partial charge < -0.3 is 32.7 Å². The highest BCUT2D eigenvalue weighted by atomic mass is 16.2. The maximum absolute atomic E-state index is 13.8. The topological polar surface area (TPSA) is 179 Å². The number of piperazine rings is 1. The van der Waals surface area contributed by atoms with Crippen molar-refractivity contribution in [2.75, 3.05) is 82.2 Å². The minimum absolute atomic E-state index is 0.0174. The molecule has 0 aromatic heterocycles. The van der Waals surface area contributed by atoms with E-state index in [0.717, 1.165) is 65.2 Å². The number of carbonyl (C=O) groups is 3. The first-order chi connectivity index (χ1) is 23.8. The van der Waals surface area contributed by atoms with Gasteiger partial charge in [-0.05, 0) is 81.9 Å². The van der Waals surface area contributed by atoms with Crippen LogP contribution in [0.1, 0.15) is 55.3 Å². The third-order valence-corrected chi connectivity index (χ3v) is 9.93. The Morgan fingerprint density at radius 3 is 2.27 bits per heavy atom. The fourth-order valence-electron chi connectivity index (χ4n) is 7.04. The van der Waals surface area contributed by atoms with Gasteiger partial charge in [0.2, 0.25) is 11.8 Å². The fourth-order valence-corrected chi connectivity index (χ4v) is 7.04. The van der Waals surface area contributed by atoms with Crippen molar-refractivity contribution in [1.82, 2.24) is 20.0 Å². The summed E-state index contributed by atoms with van der Waals surface area (Å²) in [5.41, 5.74) is 19.1. The molecular formula is C36H54N10O3. The molecule has 13 nitrogen and oxygen atoms in total. The number of rotatable bonds is 15. The van der Waals surface area contributed by atoms with E-state index >= 15 is 0 Å². The monoisotopic (exact) mass is 674 g/mol. The van der Waals surface area contributed by atoms with Crippen LogP contribution in [0.4, 0.5) is 17.1 Å². The maximum Gasteiger partial charge on any atom is 0.257 e. The summed E-state index contributed by atoms with van der Waals surface area (Å²) in [6, 6.07) is 14.3. The molecule has 0 saturated carbocycles. The third-order valence-electron chi connectivity index (χ3n) is 9.93. The third kappa shape index (κ3) is 10.5. The number of anilines is 3. The number of nitrogens with zero attached hydrogens (tertiary/aromatic N) is 5. The summed E-state index contributed by atoms with van der Waals surface area (Å²) in [5, 5.41) is 5.93. The van der Waals surface area contributed by atoms with Crippen LogP contribution in [-0.2, 0) is 9.59 Å². The van der Waals surface area contributed by atoms with Gasteiger partial charge in [-0.25, -0.2) is 0 Å². The van der Waals surface area contributed by atoms with Gasteiger partial charge in [0, 0.05) is 45.8 Å². The van der Waals surface area contributed by atoms with Gasteiger partial charge in [-0.1, -0.05) is 37.1 Å². The summed E-state index contributed by atoms with van der Waals surface area (Å²) in [5.74, 6) is 0.418. The zero-order valence-corrected chi connectivity index (χ0v) is 28.7. The predicted molar refractivity (Wildman–Crippen MR) is 195 cm³/mol. The Morgan fingerprint density at radius 2 is 1.53 bits per heavy atom. The van der Waals surface area contributed by atoms with E-state index in [2.05, 4.69) is 30.3 Å². The zero-order valence-electron chi connectivity index (χ0n) is 28.7. The first-order valence-electron chi connectivity index (χ1n) is 17.9. The van der Waals surface area contributed by atoms with E-state index < -0.39 is 6.04 Å². The number of carbonyl (C=O) groups excluding carboxylic acids is 3. The number of unbranched alkanes of at least 4 members (excludes halogenated alkanes) is 1. The number of fused-ring (bicyclic) bond motifs is 2. The smallest absolute Gasteiger partial charge is 0.257 e. The minimum Gasteiger partial charge on any atom is -0.370 e. The van der Waals surface area contributed by atoms with Crippen LogP contribution < -0.4 is 32.7 Å².